The van der Waals surface area contributed by atoms with Crippen LogP contribution in [-0.4, -0.2) is 125 Å². The predicted molar refractivity (Wildman–Crippen MR) is 268 cm³/mol. The minimum atomic E-state index is -1.09. The van der Waals surface area contributed by atoms with Gasteiger partial charge in [-0.05, 0) is 123 Å². The maximum atomic E-state index is 14.5. The van der Waals surface area contributed by atoms with E-state index in [0.29, 0.717) is 97.2 Å². The highest BCUT2D eigenvalue weighted by Crippen LogP contribution is 2.42. The number of rotatable bonds is 24. The van der Waals surface area contributed by atoms with Crippen LogP contribution in [-0.2, 0) is 35.1 Å². The third-order valence-electron chi connectivity index (χ3n) is 13.4. The van der Waals surface area contributed by atoms with Gasteiger partial charge in [-0.25, -0.2) is 4.79 Å². The first-order chi connectivity index (χ1) is 35.8. The fourth-order valence-electron chi connectivity index (χ4n) is 9.59. The first-order valence-corrected chi connectivity index (χ1v) is 24.8. The monoisotopic (exact) mass is 1020 g/mol. The van der Waals surface area contributed by atoms with Gasteiger partial charge in [0.2, 0.25) is 23.5 Å². The molecule has 3 aliphatic heterocycles. The summed E-state index contributed by atoms with van der Waals surface area (Å²) in [6, 6.07) is 18.9. The van der Waals surface area contributed by atoms with Crippen LogP contribution < -0.4 is 43.8 Å². The van der Waals surface area contributed by atoms with E-state index in [2.05, 4.69) is 10.6 Å². The molecule has 2 N–H and O–H groups in total. The Bertz CT molecular complexity index is 2700. The van der Waals surface area contributed by atoms with Crippen molar-refractivity contribution in [2.75, 3.05) is 61.9 Å². The van der Waals surface area contributed by atoms with E-state index in [1.165, 1.54) is 27.4 Å². The number of aryl methyl sites for hydroxylation is 1. The average Bonchev–Trinajstić information content (AvgIpc) is 3.68. The fourth-order valence-corrected chi connectivity index (χ4v) is 9.59. The van der Waals surface area contributed by atoms with Gasteiger partial charge in [-0.3, -0.25) is 39.0 Å². The number of unbranched alkanes of at least 4 members (excludes halogenated alkanes) is 1. The molecule has 19 nitrogen and oxygen atoms in total. The average molecular weight is 1020 g/mol. The van der Waals surface area contributed by atoms with E-state index >= 15 is 0 Å². The molecule has 0 aliphatic carbocycles. The summed E-state index contributed by atoms with van der Waals surface area (Å²) in [7, 11) is 7.67. The van der Waals surface area contributed by atoms with Gasteiger partial charge in [-0.1, -0.05) is 31.2 Å². The number of methoxy groups -OCH3 is 5. The quantitative estimate of drug-likeness (QED) is 0.0448. The number of benzene rings is 4. The van der Waals surface area contributed by atoms with Gasteiger partial charge in [-0.2, -0.15) is 0 Å². The Morgan fingerprint density at radius 2 is 1.49 bits per heavy atom. The summed E-state index contributed by atoms with van der Waals surface area (Å²) in [5.74, 6) is -1.18. The molecule has 3 aliphatic rings. The second-order valence-electron chi connectivity index (χ2n) is 18.0. The molecule has 0 spiro atoms. The number of hydrogen-bond donors (Lipinski definition) is 2. The van der Waals surface area contributed by atoms with Crippen molar-refractivity contribution in [1.82, 2.24) is 20.4 Å². The van der Waals surface area contributed by atoms with E-state index in [0.717, 1.165) is 23.3 Å². The lowest BCUT2D eigenvalue weighted by Crippen LogP contribution is -2.54. The smallest absolute Gasteiger partial charge is 0.329 e. The zero-order valence-corrected chi connectivity index (χ0v) is 42.7. The Balaban J connectivity index is 0.969. The Hall–Kier alpha value is -7.83. The van der Waals surface area contributed by atoms with Crippen molar-refractivity contribution in [3.05, 3.63) is 101 Å². The molecule has 394 valence electrons. The van der Waals surface area contributed by atoms with Crippen LogP contribution in [0.4, 0.5) is 0 Å². The van der Waals surface area contributed by atoms with E-state index in [9.17, 15) is 33.6 Å². The molecule has 7 rings (SSSR count). The lowest BCUT2D eigenvalue weighted by atomic mass is 9.91. The van der Waals surface area contributed by atoms with Gasteiger partial charge in [0.1, 0.15) is 29.7 Å². The number of esters is 1. The summed E-state index contributed by atoms with van der Waals surface area (Å²) in [6.45, 7) is 2.48. The molecule has 0 radical (unpaired) electrons. The van der Waals surface area contributed by atoms with Gasteiger partial charge < -0.3 is 48.1 Å². The molecule has 4 atom stereocenters. The van der Waals surface area contributed by atoms with Gasteiger partial charge in [0.15, 0.2) is 29.6 Å². The third-order valence-corrected chi connectivity index (χ3v) is 13.4. The van der Waals surface area contributed by atoms with E-state index in [1.54, 1.807) is 61.6 Å². The Kier molecular flexibility index (Phi) is 18.4. The molecule has 19 heteroatoms. The van der Waals surface area contributed by atoms with Crippen molar-refractivity contribution in [1.29, 1.82) is 0 Å². The molecule has 0 bridgehead atoms. The molecule has 74 heavy (non-hydrogen) atoms. The summed E-state index contributed by atoms with van der Waals surface area (Å²) < 4.78 is 46.0. The summed E-state index contributed by atoms with van der Waals surface area (Å²) in [5.41, 5.74) is 2.41. The highest BCUT2D eigenvalue weighted by Gasteiger charge is 2.46. The van der Waals surface area contributed by atoms with Crippen LogP contribution in [0.15, 0.2) is 72.8 Å². The van der Waals surface area contributed by atoms with Crippen LogP contribution in [0.2, 0.25) is 0 Å². The predicted octanol–water partition coefficient (Wildman–Crippen LogP) is 6.28. The van der Waals surface area contributed by atoms with Gasteiger partial charge in [0.25, 0.3) is 17.7 Å². The van der Waals surface area contributed by atoms with Crippen LogP contribution in [0, 0.1) is 0 Å². The second-order valence-corrected chi connectivity index (χ2v) is 18.0. The number of carbonyl (C=O) groups excluding carboxylic acids is 7. The minimum absolute atomic E-state index is 0.0138. The molecule has 6 amide bonds. The summed E-state index contributed by atoms with van der Waals surface area (Å²) >= 11 is 0. The molecule has 4 aromatic carbocycles. The molecule has 4 aromatic rings. The number of imide groups is 2. The number of fused-ring (bicyclic) bond motifs is 1. The van der Waals surface area contributed by atoms with Crippen molar-refractivity contribution in [2.24, 2.45) is 0 Å². The molecule has 1 unspecified atom stereocenters. The number of nitrogens with zero attached hydrogens (tertiary/aromatic N) is 2. The first-order valence-electron chi connectivity index (χ1n) is 24.8. The number of nitrogens with one attached hydrogen (secondary N) is 2. The van der Waals surface area contributed by atoms with Gasteiger partial charge in [0.05, 0.1) is 59.2 Å². The van der Waals surface area contributed by atoms with E-state index in [-0.39, 0.29) is 54.7 Å². The third kappa shape index (κ3) is 12.3. The van der Waals surface area contributed by atoms with Crippen LogP contribution in [0.25, 0.3) is 0 Å². The normalized spacial score (nSPS) is 17.1. The lowest BCUT2D eigenvalue weighted by molar-refractivity contribution is -0.162. The van der Waals surface area contributed by atoms with Crippen LogP contribution >= 0.6 is 0 Å². The molecule has 0 saturated carbocycles. The SMILES string of the molecule is CC[C@H](C(=O)N1CCCC[C@H]1C(=O)O[C@H](CCc1ccc(OC)c(OC)c1)c1cccc(OCC(=O)NCCCCOc2cccc3c2C(=O)N(C2CCC(=O)NC2=O)C3=O)c1)c1cc(OC)c(OC)c(OC)c1. The number of ether oxygens (including phenoxy) is 8. The maximum Gasteiger partial charge on any atom is 0.329 e. The Morgan fingerprint density at radius 1 is 0.743 bits per heavy atom. The highest BCUT2D eigenvalue weighted by molar-refractivity contribution is 6.24. The highest BCUT2D eigenvalue weighted by atomic mass is 16.5. The molecule has 3 heterocycles. The molecule has 0 aromatic heterocycles. The Morgan fingerprint density at radius 3 is 2.19 bits per heavy atom. The van der Waals surface area contributed by atoms with Gasteiger partial charge in [0, 0.05) is 19.5 Å². The van der Waals surface area contributed by atoms with Crippen LogP contribution in [0.1, 0.15) is 114 Å². The number of likely N-dealkylation sites (tertiary alicyclic amines) is 1. The standard InChI is InChI=1S/C55H64N4O15/c1-7-37(35-30-45(69-4)50(71-6)46(31-35)70-5)52(63)58-26-10-8-17-40(58)55(66)74-41(22-19-33-20-23-42(67-2)44(28-33)68-3)34-14-12-15-36(29-34)73-32-48(61)56-25-9-11-27-72-43-18-13-16-38-49(43)54(65)59(53(38)64)39-21-24-47(60)57-51(39)62/h12-16,18,20,23,28-31,37,39-41H,7-11,17,19,21-22,24-27,32H2,1-6H3,(H,56,61)(H,57,60,62)/t37-,39?,40-,41+/m0/s1. The largest absolute Gasteiger partial charge is 0.493 e. The summed E-state index contributed by atoms with van der Waals surface area (Å²) in [6.07, 6.45) is 3.48. The van der Waals surface area contributed by atoms with Crippen LogP contribution in [0.3, 0.4) is 0 Å². The Labute approximate surface area is 430 Å². The van der Waals surface area contributed by atoms with E-state index < -0.39 is 53.7 Å². The summed E-state index contributed by atoms with van der Waals surface area (Å²) in [5, 5.41) is 5.03. The fraction of sp³-hybridized carbons (Fsp3) is 0.436. The van der Waals surface area contributed by atoms with E-state index in [4.69, 9.17) is 37.9 Å². The number of amides is 6. The van der Waals surface area contributed by atoms with Gasteiger partial charge in [-0.15, -0.1) is 0 Å². The number of piperidine rings is 2. The number of hydrogen-bond acceptors (Lipinski definition) is 15. The minimum Gasteiger partial charge on any atom is -0.493 e. The molecular formula is C55H64N4O15. The molecule has 2 saturated heterocycles. The topological polar surface area (TPSA) is 224 Å². The lowest BCUT2D eigenvalue weighted by Gasteiger charge is -2.37. The molecule has 2 fully saturated rings. The zero-order chi connectivity index (χ0) is 52.9. The second kappa shape index (κ2) is 25.2. The maximum absolute atomic E-state index is 14.5. The van der Waals surface area contributed by atoms with Crippen molar-refractivity contribution in [3.63, 3.8) is 0 Å². The van der Waals surface area contributed by atoms with Crippen molar-refractivity contribution in [2.45, 2.75) is 95.2 Å². The van der Waals surface area contributed by atoms with Gasteiger partial charge >= 0.3 is 5.97 Å². The number of carbonyl (C=O) groups is 7. The first kappa shape index (κ1) is 54.0. The van der Waals surface area contributed by atoms with E-state index in [1.807, 2.05) is 31.2 Å². The van der Waals surface area contributed by atoms with Crippen molar-refractivity contribution < 1.29 is 71.5 Å². The zero-order valence-electron chi connectivity index (χ0n) is 42.7. The van der Waals surface area contributed by atoms with Crippen LogP contribution in [0.5, 0.6) is 40.2 Å². The summed E-state index contributed by atoms with van der Waals surface area (Å²) in [4.78, 5) is 95.2. The van der Waals surface area contributed by atoms with Crippen molar-refractivity contribution >= 4 is 41.4 Å². The van der Waals surface area contributed by atoms with Crippen molar-refractivity contribution in [3.8, 4) is 40.2 Å². The molecular weight excluding hydrogens is 957 g/mol.